The third kappa shape index (κ3) is 6.11. The van der Waals surface area contributed by atoms with Crippen LogP contribution >= 0.6 is 0 Å². The van der Waals surface area contributed by atoms with E-state index in [1.54, 1.807) is 45.0 Å². The smallest absolute Gasteiger partial charge is 0.411 e. The molecule has 1 aromatic rings. The fourth-order valence-corrected chi connectivity index (χ4v) is 2.36. The lowest BCUT2D eigenvalue weighted by atomic mass is 10.0. The standard InChI is InChI=1S/C19H26N2O4/c1-13(2)16(17(22)24-6)21(18(23)25-19(3,4)5)12-15-9-7-14(11-20)8-10-15/h7-10,13,16H,12H2,1-6H3/t16-/m1/s1. The number of methoxy groups -OCH3 is 1. The molecule has 25 heavy (non-hydrogen) atoms. The first-order valence-electron chi connectivity index (χ1n) is 8.15. The molecule has 1 amide bonds. The van der Waals surface area contributed by atoms with Gasteiger partial charge in [-0.15, -0.1) is 0 Å². The number of amides is 1. The zero-order chi connectivity index (χ0) is 19.2. The summed E-state index contributed by atoms with van der Waals surface area (Å²) in [4.78, 5) is 26.3. The second kappa shape index (κ2) is 8.52. The number of esters is 1. The van der Waals surface area contributed by atoms with E-state index in [0.29, 0.717) is 5.56 Å². The van der Waals surface area contributed by atoms with Crippen molar-refractivity contribution in [2.45, 2.75) is 52.8 Å². The molecule has 0 N–H and O–H groups in total. The van der Waals surface area contributed by atoms with E-state index in [0.717, 1.165) is 5.56 Å². The molecule has 6 heteroatoms. The summed E-state index contributed by atoms with van der Waals surface area (Å²) in [5, 5.41) is 8.90. The molecule has 0 aliphatic rings. The van der Waals surface area contributed by atoms with E-state index in [9.17, 15) is 9.59 Å². The Morgan fingerprint density at radius 2 is 1.76 bits per heavy atom. The molecule has 0 aromatic heterocycles. The minimum absolute atomic E-state index is 0.154. The predicted molar refractivity (Wildman–Crippen MR) is 93.6 cm³/mol. The summed E-state index contributed by atoms with van der Waals surface area (Å²) in [7, 11) is 1.30. The van der Waals surface area contributed by atoms with E-state index >= 15 is 0 Å². The van der Waals surface area contributed by atoms with E-state index in [1.165, 1.54) is 12.0 Å². The molecule has 136 valence electrons. The molecular formula is C19H26N2O4. The Labute approximate surface area is 149 Å². The summed E-state index contributed by atoms with van der Waals surface area (Å²) >= 11 is 0. The Morgan fingerprint density at radius 1 is 1.20 bits per heavy atom. The van der Waals surface area contributed by atoms with Crippen molar-refractivity contribution in [3.63, 3.8) is 0 Å². The van der Waals surface area contributed by atoms with Crippen LogP contribution < -0.4 is 0 Å². The number of nitriles is 1. The average molecular weight is 346 g/mol. The first kappa shape index (κ1) is 20.5. The van der Waals surface area contributed by atoms with Crippen LogP contribution in [0.3, 0.4) is 0 Å². The molecular weight excluding hydrogens is 320 g/mol. The third-order valence-corrected chi connectivity index (χ3v) is 3.47. The number of carbonyl (C=O) groups excluding carboxylic acids is 2. The fraction of sp³-hybridized carbons (Fsp3) is 0.526. The van der Waals surface area contributed by atoms with Crippen molar-refractivity contribution < 1.29 is 19.1 Å². The molecule has 1 atom stereocenters. The highest BCUT2D eigenvalue weighted by molar-refractivity contribution is 5.81. The average Bonchev–Trinajstić information content (AvgIpc) is 2.52. The van der Waals surface area contributed by atoms with Gasteiger partial charge in [0, 0.05) is 6.54 Å². The monoisotopic (exact) mass is 346 g/mol. The quantitative estimate of drug-likeness (QED) is 0.763. The summed E-state index contributed by atoms with van der Waals surface area (Å²) in [6, 6.07) is 8.13. The third-order valence-electron chi connectivity index (χ3n) is 3.47. The Morgan fingerprint density at radius 3 is 2.16 bits per heavy atom. The maximum absolute atomic E-state index is 12.7. The maximum atomic E-state index is 12.7. The van der Waals surface area contributed by atoms with Gasteiger partial charge in [-0.3, -0.25) is 4.90 Å². The predicted octanol–water partition coefficient (Wildman–Crippen LogP) is 3.49. The van der Waals surface area contributed by atoms with E-state index in [1.807, 2.05) is 13.8 Å². The number of rotatable bonds is 5. The molecule has 0 fully saturated rings. The number of nitrogens with zero attached hydrogens (tertiary/aromatic N) is 2. The minimum Gasteiger partial charge on any atom is -0.467 e. The zero-order valence-corrected chi connectivity index (χ0v) is 15.7. The van der Waals surface area contributed by atoms with Crippen LogP contribution in [-0.4, -0.2) is 35.7 Å². The van der Waals surface area contributed by atoms with Crippen LogP contribution in [0.25, 0.3) is 0 Å². The zero-order valence-electron chi connectivity index (χ0n) is 15.7. The number of hydrogen-bond acceptors (Lipinski definition) is 5. The molecule has 0 aliphatic heterocycles. The van der Waals surface area contributed by atoms with Gasteiger partial charge < -0.3 is 9.47 Å². The number of benzene rings is 1. The Hall–Kier alpha value is -2.55. The molecule has 0 saturated heterocycles. The van der Waals surface area contributed by atoms with Crippen LogP contribution in [0.5, 0.6) is 0 Å². The van der Waals surface area contributed by atoms with Crippen LogP contribution in [0.1, 0.15) is 45.7 Å². The van der Waals surface area contributed by atoms with Crippen molar-refractivity contribution in [2.24, 2.45) is 5.92 Å². The van der Waals surface area contributed by atoms with Crippen LogP contribution in [-0.2, 0) is 20.8 Å². The molecule has 0 unspecified atom stereocenters. The van der Waals surface area contributed by atoms with Crippen molar-refractivity contribution >= 4 is 12.1 Å². The van der Waals surface area contributed by atoms with Crippen molar-refractivity contribution in [1.82, 2.24) is 4.90 Å². The molecule has 6 nitrogen and oxygen atoms in total. The number of carbonyl (C=O) groups is 2. The highest BCUT2D eigenvalue weighted by Crippen LogP contribution is 2.20. The van der Waals surface area contributed by atoms with Gasteiger partial charge in [0.25, 0.3) is 0 Å². The van der Waals surface area contributed by atoms with Crippen LogP contribution in [0.15, 0.2) is 24.3 Å². The van der Waals surface area contributed by atoms with E-state index in [4.69, 9.17) is 14.7 Å². The largest absolute Gasteiger partial charge is 0.467 e. The van der Waals surface area contributed by atoms with Crippen molar-refractivity contribution in [1.29, 1.82) is 5.26 Å². The number of hydrogen-bond donors (Lipinski definition) is 0. The van der Waals surface area contributed by atoms with Crippen molar-refractivity contribution in [3.05, 3.63) is 35.4 Å². The van der Waals surface area contributed by atoms with Crippen LogP contribution in [0, 0.1) is 17.2 Å². The molecule has 0 aliphatic carbocycles. The second-order valence-electron chi connectivity index (χ2n) is 7.13. The van der Waals surface area contributed by atoms with Crippen LogP contribution in [0.4, 0.5) is 4.79 Å². The van der Waals surface area contributed by atoms with E-state index in [2.05, 4.69) is 6.07 Å². The molecule has 0 radical (unpaired) electrons. The van der Waals surface area contributed by atoms with Gasteiger partial charge in [-0.25, -0.2) is 9.59 Å². The summed E-state index contributed by atoms with van der Waals surface area (Å²) < 4.78 is 10.3. The van der Waals surface area contributed by atoms with E-state index < -0.39 is 23.7 Å². The molecule has 1 rings (SSSR count). The first-order chi connectivity index (χ1) is 11.6. The van der Waals surface area contributed by atoms with Gasteiger partial charge in [0.2, 0.25) is 0 Å². The fourth-order valence-electron chi connectivity index (χ4n) is 2.36. The normalized spacial score (nSPS) is 12.2. The number of ether oxygens (including phenoxy) is 2. The Bertz CT molecular complexity index is 639. The van der Waals surface area contributed by atoms with Gasteiger partial charge in [0.05, 0.1) is 18.7 Å². The van der Waals surface area contributed by atoms with Crippen LogP contribution in [0.2, 0.25) is 0 Å². The molecule has 0 heterocycles. The molecule has 0 saturated carbocycles. The van der Waals surface area contributed by atoms with Gasteiger partial charge in [-0.05, 0) is 44.4 Å². The Kier molecular flexibility index (Phi) is 6.98. The summed E-state index contributed by atoms with van der Waals surface area (Å²) in [5.41, 5.74) is 0.637. The van der Waals surface area contributed by atoms with Gasteiger partial charge in [-0.2, -0.15) is 5.26 Å². The van der Waals surface area contributed by atoms with Gasteiger partial charge in [0.1, 0.15) is 11.6 Å². The summed E-state index contributed by atoms with van der Waals surface area (Å²) in [5.74, 6) is -0.646. The van der Waals surface area contributed by atoms with Crippen molar-refractivity contribution in [3.8, 4) is 6.07 Å². The molecule has 0 spiro atoms. The lowest BCUT2D eigenvalue weighted by Gasteiger charge is -2.34. The second-order valence-corrected chi connectivity index (χ2v) is 7.13. The van der Waals surface area contributed by atoms with E-state index in [-0.39, 0.29) is 12.5 Å². The molecule has 1 aromatic carbocycles. The minimum atomic E-state index is -0.768. The first-order valence-corrected chi connectivity index (χ1v) is 8.15. The lowest BCUT2D eigenvalue weighted by Crippen LogP contribution is -2.49. The topological polar surface area (TPSA) is 79.6 Å². The van der Waals surface area contributed by atoms with Gasteiger partial charge in [0.15, 0.2) is 0 Å². The highest BCUT2D eigenvalue weighted by atomic mass is 16.6. The van der Waals surface area contributed by atoms with Gasteiger partial charge in [-0.1, -0.05) is 26.0 Å². The molecule has 0 bridgehead atoms. The summed E-state index contributed by atoms with van der Waals surface area (Å²) in [6.45, 7) is 9.18. The SMILES string of the molecule is COC(=O)[C@@H](C(C)C)N(Cc1ccc(C#N)cc1)C(=O)OC(C)(C)C. The van der Waals surface area contributed by atoms with Gasteiger partial charge >= 0.3 is 12.1 Å². The maximum Gasteiger partial charge on any atom is 0.411 e. The lowest BCUT2D eigenvalue weighted by molar-refractivity contribution is -0.148. The van der Waals surface area contributed by atoms with Crippen molar-refractivity contribution in [2.75, 3.05) is 7.11 Å². The highest BCUT2D eigenvalue weighted by Gasteiger charge is 2.35. The summed E-state index contributed by atoms with van der Waals surface area (Å²) in [6.07, 6.45) is -0.582. The Balaban J connectivity index is 3.18.